The highest BCUT2D eigenvalue weighted by atomic mass is 16.2. The molecule has 0 aliphatic heterocycles. The van der Waals surface area contributed by atoms with Gasteiger partial charge >= 0.3 is 0 Å². The first-order chi connectivity index (χ1) is 6.26. The lowest BCUT2D eigenvalue weighted by atomic mass is 10.3. The van der Waals surface area contributed by atoms with Crippen LogP contribution in [0.5, 0.6) is 0 Å². The molecule has 0 radical (unpaired) electrons. The molecular formula is C8H13N3O2. The summed E-state index contributed by atoms with van der Waals surface area (Å²) in [7, 11) is 0. The number of carbonyl (C=O) groups is 2. The SMILES string of the molecule is CCN=C(/C=C\N)C(=O)NCC=O. The van der Waals surface area contributed by atoms with Crippen molar-refractivity contribution in [3.63, 3.8) is 0 Å². The van der Waals surface area contributed by atoms with Gasteiger partial charge in [-0.05, 0) is 19.2 Å². The maximum atomic E-state index is 11.2. The summed E-state index contributed by atoms with van der Waals surface area (Å²) in [6, 6.07) is 0. The van der Waals surface area contributed by atoms with Crippen molar-refractivity contribution in [1.82, 2.24) is 5.32 Å². The van der Waals surface area contributed by atoms with E-state index in [4.69, 9.17) is 5.73 Å². The Balaban J connectivity index is 4.28. The van der Waals surface area contributed by atoms with Crippen LogP contribution in [0.15, 0.2) is 17.3 Å². The Labute approximate surface area is 76.7 Å². The molecule has 0 bridgehead atoms. The van der Waals surface area contributed by atoms with E-state index in [1.54, 1.807) is 6.92 Å². The molecular weight excluding hydrogens is 170 g/mol. The summed E-state index contributed by atoms with van der Waals surface area (Å²) in [6.45, 7) is 2.28. The number of aliphatic imine (C=N–C) groups is 1. The monoisotopic (exact) mass is 183 g/mol. The summed E-state index contributed by atoms with van der Waals surface area (Å²) in [5, 5.41) is 2.36. The normalized spacial score (nSPS) is 11.6. The molecule has 3 N–H and O–H groups in total. The van der Waals surface area contributed by atoms with Crippen LogP contribution in [0.1, 0.15) is 6.92 Å². The lowest BCUT2D eigenvalue weighted by molar-refractivity contribution is -0.116. The highest BCUT2D eigenvalue weighted by Gasteiger charge is 2.05. The molecule has 5 nitrogen and oxygen atoms in total. The van der Waals surface area contributed by atoms with Crippen LogP contribution in [-0.4, -0.2) is 31.0 Å². The zero-order valence-corrected chi connectivity index (χ0v) is 7.49. The first-order valence-electron chi connectivity index (χ1n) is 3.90. The van der Waals surface area contributed by atoms with Crippen LogP contribution in [0, 0.1) is 0 Å². The Morgan fingerprint density at radius 1 is 1.62 bits per heavy atom. The second-order valence-electron chi connectivity index (χ2n) is 2.10. The fourth-order valence-corrected chi connectivity index (χ4v) is 0.687. The minimum absolute atomic E-state index is 0.0139. The van der Waals surface area contributed by atoms with Gasteiger partial charge in [-0.25, -0.2) is 0 Å². The Bertz CT molecular complexity index is 234. The Morgan fingerprint density at radius 3 is 2.77 bits per heavy atom. The van der Waals surface area contributed by atoms with Gasteiger partial charge in [0.25, 0.3) is 5.91 Å². The molecule has 0 heterocycles. The fraction of sp³-hybridized carbons (Fsp3) is 0.375. The van der Waals surface area contributed by atoms with E-state index in [0.717, 1.165) is 0 Å². The summed E-state index contributed by atoms with van der Waals surface area (Å²) in [5.41, 5.74) is 5.34. The molecule has 0 aromatic carbocycles. The van der Waals surface area contributed by atoms with Crippen LogP contribution in [0.3, 0.4) is 0 Å². The van der Waals surface area contributed by atoms with Gasteiger partial charge in [-0.1, -0.05) is 0 Å². The van der Waals surface area contributed by atoms with Gasteiger partial charge in [0.05, 0.1) is 6.54 Å². The highest BCUT2D eigenvalue weighted by Crippen LogP contribution is 1.82. The zero-order chi connectivity index (χ0) is 10.1. The van der Waals surface area contributed by atoms with E-state index in [-0.39, 0.29) is 12.3 Å². The second-order valence-corrected chi connectivity index (χ2v) is 2.10. The van der Waals surface area contributed by atoms with Crippen molar-refractivity contribution in [3.8, 4) is 0 Å². The topological polar surface area (TPSA) is 84.5 Å². The maximum Gasteiger partial charge on any atom is 0.269 e. The van der Waals surface area contributed by atoms with Crippen LogP contribution in [-0.2, 0) is 9.59 Å². The van der Waals surface area contributed by atoms with E-state index < -0.39 is 5.91 Å². The second kappa shape index (κ2) is 7.02. The molecule has 0 aromatic rings. The maximum absolute atomic E-state index is 11.2. The number of nitrogens with zero attached hydrogens (tertiary/aromatic N) is 1. The van der Waals surface area contributed by atoms with Crippen molar-refractivity contribution < 1.29 is 9.59 Å². The molecule has 0 aromatic heterocycles. The largest absolute Gasteiger partial charge is 0.405 e. The third-order valence-corrected chi connectivity index (χ3v) is 1.16. The van der Waals surface area contributed by atoms with E-state index in [1.165, 1.54) is 12.3 Å². The van der Waals surface area contributed by atoms with Crippen molar-refractivity contribution in [3.05, 3.63) is 12.3 Å². The van der Waals surface area contributed by atoms with E-state index in [1.807, 2.05) is 0 Å². The molecule has 0 aliphatic rings. The molecule has 0 rings (SSSR count). The average Bonchev–Trinajstić information content (AvgIpc) is 2.14. The Kier molecular flexibility index (Phi) is 6.13. The lowest BCUT2D eigenvalue weighted by Gasteiger charge is -1.99. The van der Waals surface area contributed by atoms with Crippen molar-refractivity contribution in [2.45, 2.75) is 6.92 Å². The number of carbonyl (C=O) groups excluding carboxylic acids is 2. The molecule has 13 heavy (non-hydrogen) atoms. The minimum Gasteiger partial charge on any atom is -0.405 e. The van der Waals surface area contributed by atoms with Crippen molar-refractivity contribution in [2.75, 3.05) is 13.1 Å². The van der Waals surface area contributed by atoms with Crippen molar-refractivity contribution in [2.24, 2.45) is 10.7 Å². The first-order valence-corrected chi connectivity index (χ1v) is 3.90. The number of rotatable bonds is 5. The lowest BCUT2D eigenvalue weighted by Crippen LogP contribution is -2.31. The van der Waals surface area contributed by atoms with E-state index in [0.29, 0.717) is 12.8 Å². The van der Waals surface area contributed by atoms with Crippen LogP contribution in [0.2, 0.25) is 0 Å². The van der Waals surface area contributed by atoms with Gasteiger partial charge < -0.3 is 15.8 Å². The molecule has 0 fully saturated rings. The molecule has 0 aliphatic carbocycles. The number of aldehydes is 1. The van der Waals surface area contributed by atoms with Crippen LogP contribution in [0.4, 0.5) is 0 Å². The van der Waals surface area contributed by atoms with Crippen LogP contribution >= 0.6 is 0 Å². The van der Waals surface area contributed by atoms with Crippen molar-refractivity contribution in [1.29, 1.82) is 0 Å². The molecule has 0 spiro atoms. The van der Waals surface area contributed by atoms with E-state index in [2.05, 4.69) is 10.3 Å². The molecule has 0 saturated carbocycles. The van der Waals surface area contributed by atoms with Crippen molar-refractivity contribution >= 4 is 17.9 Å². The number of hydrogen-bond donors (Lipinski definition) is 2. The fourth-order valence-electron chi connectivity index (χ4n) is 0.687. The molecule has 0 unspecified atom stereocenters. The number of nitrogens with one attached hydrogen (secondary N) is 1. The zero-order valence-electron chi connectivity index (χ0n) is 7.49. The van der Waals surface area contributed by atoms with Gasteiger partial charge in [0.2, 0.25) is 0 Å². The van der Waals surface area contributed by atoms with Crippen LogP contribution in [0.25, 0.3) is 0 Å². The predicted molar refractivity (Wildman–Crippen MR) is 50.4 cm³/mol. The standard InChI is InChI=1S/C8H13N3O2/c1-2-10-7(3-4-9)8(13)11-5-6-12/h3-4,6H,2,5,9H2,1H3,(H,11,13)/b4-3-,10-7?. The minimum atomic E-state index is -0.393. The van der Waals surface area contributed by atoms with Gasteiger partial charge in [0.15, 0.2) is 0 Å². The summed E-state index contributed by atoms with van der Waals surface area (Å²) in [5.74, 6) is -0.393. The molecule has 72 valence electrons. The van der Waals surface area contributed by atoms with Gasteiger partial charge in [-0.15, -0.1) is 0 Å². The average molecular weight is 183 g/mol. The highest BCUT2D eigenvalue weighted by molar-refractivity contribution is 6.43. The smallest absolute Gasteiger partial charge is 0.269 e. The molecule has 5 heteroatoms. The molecule has 0 atom stereocenters. The summed E-state index contributed by atoms with van der Waals surface area (Å²) in [4.78, 5) is 25.0. The van der Waals surface area contributed by atoms with E-state index >= 15 is 0 Å². The summed E-state index contributed by atoms with van der Waals surface area (Å²) in [6.07, 6.45) is 3.23. The van der Waals surface area contributed by atoms with E-state index in [9.17, 15) is 9.59 Å². The molecule has 1 amide bonds. The quantitative estimate of drug-likeness (QED) is 0.434. The predicted octanol–water partition coefficient (Wildman–Crippen LogP) is -0.765. The third kappa shape index (κ3) is 4.73. The van der Waals surface area contributed by atoms with Crippen LogP contribution < -0.4 is 11.1 Å². The number of hydrogen-bond acceptors (Lipinski definition) is 4. The van der Waals surface area contributed by atoms with Gasteiger partial charge in [-0.3, -0.25) is 9.79 Å². The Hall–Kier alpha value is -1.65. The van der Waals surface area contributed by atoms with Gasteiger partial charge in [-0.2, -0.15) is 0 Å². The van der Waals surface area contributed by atoms with Gasteiger partial charge in [0.1, 0.15) is 12.0 Å². The number of nitrogens with two attached hydrogens (primary N) is 1. The number of amides is 1. The van der Waals surface area contributed by atoms with Gasteiger partial charge in [0, 0.05) is 6.54 Å². The third-order valence-electron chi connectivity index (χ3n) is 1.16. The summed E-state index contributed by atoms with van der Waals surface area (Å²) < 4.78 is 0. The Morgan fingerprint density at radius 2 is 2.31 bits per heavy atom. The summed E-state index contributed by atoms with van der Waals surface area (Å²) >= 11 is 0. The molecule has 0 saturated heterocycles. The first kappa shape index (κ1) is 11.4.